The van der Waals surface area contributed by atoms with Gasteiger partial charge in [-0.1, -0.05) is 11.2 Å². The van der Waals surface area contributed by atoms with Crippen molar-refractivity contribution in [1.82, 2.24) is 24.6 Å². The van der Waals surface area contributed by atoms with E-state index < -0.39 is 6.36 Å². The summed E-state index contributed by atoms with van der Waals surface area (Å²) in [7, 11) is 0. The summed E-state index contributed by atoms with van der Waals surface area (Å²) in [4.78, 5) is 11.4. The molecule has 194 valence electrons. The summed E-state index contributed by atoms with van der Waals surface area (Å²) in [6, 6.07) is 11.3. The zero-order chi connectivity index (χ0) is 25.8. The first-order valence-corrected chi connectivity index (χ1v) is 12.1. The standard InChI is InChI=1S/C26H27F3N6O2/c1-18-14-21(25-32-24(33-37-25)20-5-7-22(8-6-20)36-26(27,28)29)17-35(18)16-19-4-9-23(31-15-19)30-10-13-34-11-2-3-12-34/h4-9,14-15,17H,2-3,10-13,16H2,1H3,(H,30,31). The number of alkyl halides is 3. The van der Waals surface area contributed by atoms with E-state index in [1.807, 2.05) is 31.5 Å². The molecule has 1 aliphatic rings. The molecule has 0 bridgehead atoms. The Kier molecular flexibility index (Phi) is 7.13. The van der Waals surface area contributed by atoms with Gasteiger partial charge in [0.25, 0.3) is 5.89 Å². The third-order valence-corrected chi connectivity index (χ3v) is 6.24. The molecule has 0 amide bonds. The van der Waals surface area contributed by atoms with E-state index in [1.165, 1.54) is 50.2 Å². The Hall–Kier alpha value is -3.86. The SMILES string of the molecule is Cc1cc(-c2nc(-c3ccc(OC(F)(F)F)cc3)no2)cn1Cc1ccc(NCCN2CCCC2)nc1. The van der Waals surface area contributed by atoms with E-state index in [1.54, 1.807) is 0 Å². The van der Waals surface area contributed by atoms with Crippen LogP contribution in [0.3, 0.4) is 0 Å². The van der Waals surface area contributed by atoms with Crippen LogP contribution in [-0.2, 0) is 6.54 Å². The molecule has 4 aromatic rings. The Labute approximate surface area is 212 Å². The van der Waals surface area contributed by atoms with Crippen LogP contribution in [0.4, 0.5) is 19.0 Å². The largest absolute Gasteiger partial charge is 0.573 e. The molecule has 0 saturated carbocycles. The summed E-state index contributed by atoms with van der Waals surface area (Å²) in [6.45, 7) is 6.90. The minimum Gasteiger partial charge on any atom is -0.406 e. The minimum atomic E-state index is -4.74. The quantitative estimate of drug-likeness (QED) is 0.323. The predicted molar refractivity (Wildman–Crippen MR) is 132 cm³/mol. The number of anilines is 1. The number of aromatic nitrogens is 4. The van der Waals surface area contributed by atoms with Crippen molar-refractivity contribution in [3.63, 3.8) is 0 Å². The number of rotatable bonds is 9. The Bertz CT molecular complexity index is 1310. The molecule has 8 nitrogen and oxygen atoms in total. The molecule has 4 heterocycles. The van der Waals surface area contributed by atoms with Gasteiger partial charge in [0.1, 0.15) is 11.6 Å². The molecule has 1 saturated heterocycles. The molecule has 1 aromatic carbocycles. The molecule has 0 spiro atoms. The summed E-state index contributed by atoms with van der Waals surface area (Å²) in [5, 5.41) is 7.36. The Balaban J connectivity index is 1.20. The van der Waals surface area contributed by atoms with Gasteiger partial charge < -0.3 is 24.0 Å². The second-order valence-electron chi connectivity index (χ2n) is 9.02. The molecular formula is C26H27F3N6O2. The van der Waals surface area contributed by atoms with E-state index in [-0.39, 0.29) is 11.6 Å². The van der Waals surface area contributed by atoms with Gasteiger partial charge in [-0.25, -0.2) is 4.98 Å². The lowest BCUT2D eigenvalue weighted by molar-refractivity contribution is -0.274. The lowest BCUT2D eigenvalue weighted by atomic mass is 10.2. The van der Waals surface area contributed by atoms with Gasteiger partial charge in [0.15, 0.2) is 0 Å². The van der Waals surface area contributed by atoms with Gasteiger partial charge in [-0.05, 0) is 74.8 Å². The van der Waals surface area contributed by atoms with Crippen LogP contribution in [0.15, 0.2) is 59.4 Å². The monoisotopic (exact) mass is 512 g/mol. The van der Waals surface area contributed by atoms with E-state index >= 15 is 0 Å². The number of hydrogen-bond donors (Lipinski definition) is 1. The maximum absolute atomic E-state index is 12.4. The number of benzene rings is 1. The van der Waals surface area contributed by atoms with Crippen LogP contribution in [-0.4, -0.2) is 57.1 Å². The van der Waals surface area contributed by atoms with Gasteiger partial charge >= 0.3 is 6.36 Å². The maximum Gasteiger partial charge on any atom is 0.573 e. The first-order chi connectivity index (χ1) is 17.8. The number of hydrogen-bond acceptors (Lipinski definition) is 7. The van der Waals surface area contributed by atoms with Gasteiger partial charge in [0, 0.05) is 43.3 Å². The zero-order valence-electron chi connectivity index (χ0n) is 20.3. The maximum atomic E-state index is 12.4. The smallest absolute Gasteiger partial charge is 0.406 e. The van der Waals surface area contributed by atoms with Gasteiger partial charge in [-0.3, -0.25) is 0 Å². The molecule has 1 aliphatic heterocycles. The van der Waals surface area contributed by atoms with E-state index in [2.05, 4.69) is 40.7 Å². The molecule has 0 aliphatic carbocycles. The highest BCUT2D eigenvalue weighted by Crippen LogP contribution is 2.28. The number of aryl methyl sites for hydroxylation is 1. The number of nitrogens with zero attached hydrogens (tertiary/aromatic N) is 5. The number of pyridine rings is 1. The Morgan fingerprint density at radius 2 is 1.84 bits per heavy atom. The van der Waals surface area contributed by atoms with Crippen molar-refractivity contribution < 1.29 is 22.4 Å². The molecule has 1 N–H and O–H groups in total. The second-order valence-corrected chi connectivity index (χ2v) is 9.02. The average molecular weight is 513 g/mol. The summed E-state index contributed by atoms with van der Waals surface area (Å²) >= 11 is 0. The highest BCUT2D eigenvalue weighted by molar-refractivity contribution is 5.60. The number of nitrogens with one attached hydrogen (secondary N) is 1. The lowest BCUT2D eigenvalue weighted by Gasteiger charge is -2.15. The molecule has 5 rings (SSSR count). The van der Waals surface area contributed by atoms with Gasteiger partial charge in [-0.15, -0.1) is 13.2 Å². The molecule has 11 heteroatoms. The third-order valence-electron chi connectivity index (χ3n) is 6.24. The van der Waals surface area contributed by atoms with Crippen molar-refractivity contribution >= 4 is 5.82 Å². The van der Waals surface area contributed by atoms with E-state index in [0.717, 1.165) is 35.7 Å². The molecule has 37 heavy (non-hydrogen) atoms. The highest BCUT2D eigenvalue weighted by Gasteiger charge is 2.31. The molecule has 0 atom stereocenters. The number of ether oxygens (including phenoxy) is 1. The van der Waals surface area contributed by atoms with Crippen molar-refractivity contribution in [3.05, 3.63) is 66.1 Å². The second kappa shape index (κ2) is 10.6. The van der Waals surface area contributed by atoms with Gasteiger partial charge in [-0.2, -0.15) is 4.98 Å². The van der Waals surface area contributed by atoms with Crippen molar-refractivity contribution in [2.24, 2.45) is 0 Å². The summed E-state index contributed by atoms with van der Waals surface area (Å²) in [5.41, 5.74) is 3.33. The van der Waals surface area contributed by atoms with E-state index in [4.69, 9.17) is 4.52 Å². The van der Waals surface area contributed by atoms with Gasteiger partial charge in [0.05, 0.1) is 5.56 Å². The van der Waals surface area contributed by atoms with Crippen LogP contribution in [0.2, 0.25) is 0 Å². The summed E-state index contributed by atoms with van der Waals surface area (Å²) in [5.74, 6) is 1.15. The van der Waals surface area contributed by atoms with E-state index in [9.17, 15) is 13.2 Å². The zero-order valence-corrected chi connectivity index (χ0v) is 20.3. The fourth-order valence-corrected chi connectivity index (χ4v) is 4.33. The molecule has 0 unspecified atom stereocenters. The number of halogens is 3. The van der Waals surface area contributed by atoms with Crippen LogP contribution in [0.1, 0.15) is 24.1 Å². The van der Waals surface area contributed by atoms with Crippen molar-refractivity contribution in [3.8, 4) is 28.6 Å². The first-order valence-electron chi connectivity index (χ1n) is 12.1. The predicted octanol–water partition coefficient (Wildman–Crippen LogP) is 5.36. The van der Waals surface area contributed by atoms with Crippen LogP contribution < -0.4 is 10.1 Å². The van der Waals surface area contributed by atoms with Crippen molar-refractivity contribution in [2.75, 3.05) is 31.5 Å². The van der Waals surface area contributed by atoms with Crippen LogP contribution in [0.5, 0.6) is 5.75 Å². The van der Waals surface area contributed by atoms with E-state index in [0.29, 0.717) is 18.0 Å². The van der Waals surface area contributed by atoms with Crippen LogP contribution in [0.25, 0.3) is 22.8 Å². The Morgan fingerprint density at radius 3 is 2.54 bits per heavy atom. The topological polar surface area (TPSA) is 81.2 Å². The highest BCUT2D eigenvalue weighted by atomic mass is 19.4. The summed E-state index contributed by atoms with van der Waals surface area (Å²) in [6.07, 6.45) is 1.63. The van der Waals surface area contributed by atoms with Crippen molar-refractivity contribution in [2.45, 2.75) is 32.7 Å². The Morgan fingerprint density at radius 1 is 1.05 bits per heavy atom. The fraction of sp³-hybridized carbons (Fsp3) is 0.346. The molecule has 1 fully saturated rings. The van der Waals surface area contributed by atoms with Crippen LogP contribution >= 0.6 is 0 Å². The van der Waals surface area contributed by atoms with Crippen molar-refractivity contribution in [1.29, 1.82) is 0 Å². The fourth-order valence-electron chi connectivity index (χ4n) is 4.33. The lowest BCUT2D eigenvalue weighted by Crippen LogP contribution is -2.26. The van der Waals surface area contributed by atoms with Gasteiger partial charge in [0.2, 0.25) is 5.82 Å². The summed E-state index contributed by atoms with van der Waals surface area (Å²) < 4.78 is 48.5. The third kappa shape index (κ3) is 6.48. The average Bonchev–Trinajstić information content (AvgIpc) is 3.62. The van der Waals surface area contributed by atoms with Crippen LogP contribution in [0, 0.1) is 6.92 Å². The normalized spacial score (nSPS) is 14.3. The minimum absolute atomic E-state index is 0.274. The number of likely N-dealkylation sites (tertiary alicyclic amines) is 1. The molecule has 3 aromatic heterocycles. The first kappa shape index (κ1) is 24.8. The molecular weight excluding hydrogens is 485 g/mol. The molecule has 0 radical (unpaired) electrons.